The highest BCUT2D eigenvalue weighted by Crippen LogP contribution is 2.39. The van der Waals surface area contributed by atoms with Crippen LogP contribution in [0, 0.1) is 5.92 Å². The van der Waals surface area contributed by atoms with Gasteiger partial charge in [0.25, 0.3) is 11.7 Å². The Balaban J connectivity index is 1.34. The van der Waals surface area contributed by atoms with Crippen molar-refractivity contribution in [3.63, 3.8) is 0 Å². The van der Waals surface area contributed by atoms with Crippen LogP contribution in [-0.4, -0.2) is 270 Å². The highest BCUT2D eigenvalue weighted by molar-refractivity contribution is 5.81. The number of aliphatic hydroxyl groups excluding tert-OH is 13. The Morgan fingerprint density at radius 2 is 1.28 bits per heavy atom. The van der Waals surface area contributed by atoms with Crippen molar-refractivity contribution >= 4 is 17.8 Å². The van der Waals surface area contributed by atoms with Gasteiger partial charge < -0.3 is 125 Å². The van der Waals surface area contributed by atoms with E-state index in [-0.39, 0.29) is 0 Å². The van der Waals surface area contributed by atoms with Gasteiger partial charge in [-0.2, -0.15) is 0 Å². The number of amides is 2. The zero-order valence-corrected chi connectivity index (χ0v) is 36.8. The van der Waals surface area contributed by atoms with Gasteiger partial charge in [0.05, 0.1) is 63.5 Å². The minimum atomic E-state index is -2.95. The van der Waals surface area contributed by atoms with Crippen LogP contribution in [0.25, 0.3) is 0 Å². The van der Waals surface area contributed by atoms with E-state index in [1.54, 1.807) is 6.92 Å². The second-order valence-electron chi connectivity index (χ2n) is 17.2. The maximum Gasteiger partial charge on any atom is 0.364 e. The molecule has 0 spiro atoms. The predicted molar refractivity (Wildman–Crippen MR) is 212 cm³/mol. The number of nitrogens with one attached hydrogen (secondary N) is 2. The number of carboxylic acid groups (broad SMARTS) is 1. The Morgan fingerprint density at radius 3 is 1.84 bits per heavy atom. The summed E-state index contributed by atoms with van der Waals surface area (Å²) >= 11 is 0. The smallest absolute Gasteiger partial charge is 0.364 e. The third-order valence-corrected chi connectivity index (χ3v) is 12.5. The summed E-state index contributed by atoms with van der Waals surface area (Å²) in [5.41, 5.74) is 0. The van der Waals surface area contributed by atoms with Gasteiger partial charge in [-0.25, -0.2) is 4.79 Å². The van der Waals surface area contributed by atoms with Crippen molar-refractivity contribution < 1.29 is 129 Å². The fourth-order valence-electron chi connectivity index (χ4n) is 8.97. The molecule has 16 N–H and O–H groups in total. The minimum Gasteiger partial charge on any atom is -0.477 e. The number of aliphatic hydroxyl groups is 13. The molecule has 24 atom stereocenters. The molecule has 5 saturated heterocycles. The molecular formula is C39H66N2O26. The Kier molecular flexibility index (Phi) is 19.9. The first-order valence-electron chi connectivity index (χ1n) is 21.9. The van der Waals surface area contributed by atoms with Crippen molar-refractivity contribution in [1.82, 2.24) is 10.6 Å². The van der Waals surface area contributed by atoms with Gasteiger partial charge in [0.1, 0.15) is 79.4 Å². The summed E-state index contributed by atoms with van der Waals surface area (Å²) in [5.74, 6) is -7.25. The van der Waals surface area contributed by atoms with E-state index in [1.807, 2.05) is 0 Å². The van der Waals surface area contributed by atoms with Crippen molar-refractivity contribution in [2.24, 2.45) is 5.92 Å². The van der Waals surface area contributed by atoms with Crippen molar-refractivity contribution in [2.45, 2.75) is 180 Å². The normalized spacial score (nSPS) is 45.3. The molecule has 28 heteroatoms. The van der Waals surface area contributed by atoms with Gasteiger partial charge in [0.2, 0.25) is 5.91 Å². The van der Waals surface area contributed by atoms with Crippen LogP contribution in [0.3, 0.4) is 0 Å². The Morgan fingerprint density at radius 1 is 0.701 bits per heavy atom. The topological polar surface area (TPSA) is 442 Å². The maximum absolute atomic E-state index is 12.9. The average molecular weight is 979 g/mol. The molecule has 0 aliphatic carbocycles. The molecule has 22 unspecified atom stereocenters. The third-order valence-electron chi connectivity index (χ3n) is 12.5. The lowest BCUT2D eigenvalue weighted by molar-refractivity contribution is -0.371. The van der Waals surface area contributed by atoms with Crippen molar-refractivity contribution in [3.05, 3.63) is 0 Å². The van der Waals surface area contributed by atoms with Crippen molar-refractivity contribution in [2.75, 3.05) is 40.1 Å². The van der Waals surface area contributed by atoms with E-state index in [9.17, 15) is 85.9 Å². The van der Waals surface area contributed by atoms with Gasteiger partial charge in [-0.15, -0.1) is 0 Å². The lowest BCUT2D eigenvalue weighted by Gasteiger charge is -2.49. The molecular weight excluding hydrogens is 912 g/mol. The van der Waals surface area contributed by atoms with Gasteiger partial charge in [-0.3, -0.25) is 9.59 Å². The zero-order chi connectivity index (χ0) is 49.7. The maximum atomic E-state index is 12.9. The van der Waals surface area contributed by atoms with Gasteiger partial charge in [0.15, 0.2) is 25.0 Å². The van der Waals surface area contributed by atoms with Crippen LogP contribution in [-0.2, 0) is 57.0 Å². The van der Waals surface area contributed by atoms with Crippen LogP contribution in [0.5, 0.6) is 0 Å². The number of carboxylic acids is 1. The molecule has 0 aromatic heterocycles. The summed E-state index contributed by atoms with van der Waals surface area (Å²) in [6, 6.07) is -1.34. The fourth-order valence-corrected chi connectivity index (χ4v) is 8.97. The van der Waals surface area contributed by atoms with E-state index < -0.39 is 210 Å². The van der Waals surface area contributed by atoms with E-state index in [0.717, 1.165) is 6.92 Å². The molecule has 5 heterocycles. The first-order valence-corrected chi connectivity index (χ1v) is 21.9. The summed E-state index contributed by atoms with van der Waals surface area (Å²) < 4.78 is 51.6. The summed E-state index contributed by atoms with van der Waals surface area (Å²) in [5, 5.41) is 154. The first kappa shape index (κ1) is 55.5. The van der Waals surface area contributed by atoms with E-state index in [1.165, 1.54) is 7.05 Å². The largest absolute Gasteiger partial charge is 0.477 e. The molecule has 0 aromatic rings. The van der Waals surface area contributed by atoms with Crippen LogP contribution in [0.4, 0.5) is 0 Å². The SMILES string of the molecule is CCCC1C(O)C(CO)OC(OC2C(CO)OC(OCC3OC(C(=O)NC)C(O)C3OC3OC(CO)C(O)C(OC4(C(=O)O)C[C@@H](O)C(NC(C)=O)C(C[C@H](O)CO)O4)C3O)C(O)C2O)C1O. The molecule has 0 saturated carbocycles. The second kappa shape index (κ2) is 24.1. The van der Waals surface area contributed by atoms with Crippen LogP contribution < -0.4 is 10.6 Å². The van der Waals surface area contributed by atoms with Gasteiger partial charge in [0, 0.05) is 32.7 Å². The van der Waals surface area contributed by atoms with E-state index in [4.69, 9.17) is 42.6 Å². The quantitative estimate of drug-likeness (QED) is 0.0539. The molecule has 388 valence electrons. The molecule has 2 amide bonds. The fraction of sp³-hybridized carbons (Fsp3) is 0.923. The summed E-state index contributed by atoms with van der Waals surface area (Å²) in [6.45, 7) is -1.24. The Labute approximate surface area is 382 Å². The van der Waals surface area contributed by atoms with Crippen molar-refractivity contribution in [3.8, 4) is 0 Å². The number of aliphatic carboxylic acids is 1. The number of likely N-dealkylation sites (N-methyl/N-ethyl adjacent to an activating group) is 1. The highest BCUT2D eigenvalue weighted by Gasteiger charge is 2.60. The van der Waals surface area contributed by atoms with Gasteiger partial charge in [-0.1, -0.05) is 13.3 Å². The molecule has 0 bridgehead atoms. The van der Waals surface area contributed by atoms with Crippen LogP contribution in [0.1, 0.15) is 39.5 Å². The number of ether oxygens (including phenoxy) is 9. The molecule has 0 aromatic carbocycles. The molecule has 5 fully saturated rings. The number of carbonyl (C=O) groups is 3. The van der Waals surface area contributed by atoms with E-state index >= 15 is 0 Å². The summed E-state index contributed by atoms with van der Waals surface area (Å²) in [7, 11) is 1.21. The number of hydrogen-bond donors (Lipinski definition) is 16. The lowest BCUT2D eigenvalue weighted by Crippen LogP contribution is -2.68. The van der Waals surface area contributed by atoms with Crippen LogP contribution >= 0.6 is 0 Å². The van der Waals surface area contributed by atoms with E-state index in [0.29, 0.717) is 12.8 Å². The first-order chi connectivity index (χ1) is 31.7. The standard InChI is InChI=1S/C39H66N2O26/c1-4-5-15-23(49)18(9-43)61-36(24(15)50)64-30-20(11-45)63-35(27(53)26(30)52)59-12-21-31(28(54)33(60-21)34(56)40-3)65-37-29(55)32(25(51)19(10-44)62-37)67-39(38(57)58)7-16(48)22(41-13(2)46)17(66-39)6-14(47)8-42/h14-33,35-37,42-45,47-55H,4-12H2,1-3H3,(H,40,56)(H,41,46)(H,57,58)/t14-,15?,16+,17?,18?,19?,20?,21?,22?,23?,24?,25?,26?,27?,28?,29?,30?,31?,32?,33?,35?,36?,37?,39?/m0/s1. The van der Waals surface area contributed by atoms with Gasteiger partial charge >= 0.3 is 5.97 Å². The lowest BCUT2D eigenvalue weighted by atomic mass is 9.85. The van der Waals surface area contributed by atoms with Crippen molar-refractivity contribution in [1.29, 1.82) is 0 Å². The third kappa shape index (κ3) is 12.2. The minimum absolute atomic E-state index is 0.300. The number of rotatable bonds is 20. The molecule has 5 aliphatic heterocycles. The molecule has 67 heavy (non-hydrogen) atoms. The number of carbonyl (C=O) groups excluding carboxylic acids is 2. The molecule has 0 radical (unpaired) electrons. The molecule has 28 nitrogen and oxygen atoms in total. The van der Waals surface area contributed by atoms with Crippen LogP contribution in [0.2, 0.25) is 0 Å². The average Bonchev–Trinajstić information content (AvgIpc) is 3.60. The predicted octanol–water partition coefficient (Wildman–Crippen LogP) is -9.06. The Hall–Kier alpha value is -2.47. The van der Waals surface area contributed by atoms with Crippen LogP contribution in [0.15, 0.2) is 0 Å². The number of hydrogen-bond acceptors (Lipinski definition) is 25. The highest BCUT2D eigenvalue weighted by atomic mass is 16.8. The zero-order valence-electron chi connectivity index (χ0n) is 36.8. The van der Waals surface area contributed by atoms with Gasteiger partial charge in [-0.05, 0) is 6.42 Å². The second-order valence-corrected chi connectivity index (χ2v) is 17.2. The monoisotopic (exact) mass is 978 g/mol. The Bertz CT molecular complexity index is 1600. The summed E-state index contributed by atoms with van der Waals surface area (Å²) in [6.07, 6.45) is -37.0. The molecule has 5 aliphatic rings. The summed E-state index contributed by atoms with van der Waals surface area (Å²) in [4.78, 5) is 37.7. The van der Waals surface area contributed by atoms with E-state index in [2.05, 4.69) is 10.6 Å². The molecule has 5 rings (SSSR count).